The highest BCUT2D eigenvalue weighted by molar-refractivity contribution is 7.12. The van der Waals surface area contributed by atoms with Crippen molar-refractivity contribution in [3.63, 3.8) is 0 Å². The van der Waals surface area contributed by atoms with Crippen molar-refractivity contribution < 1.29 is 9.59 Å². The van der Waals surface area contributed by atoms with Crippen LogP contribution in [0.5, 0.6) is 0 Å². The fourth-order valence-corrected chi connectivity index (χ4v) is 4.19. The number of hydrogen-bond acceptors (Lipinski definition) is 3. The van der Waals surface area contributed by atoms with Gasteiger partial charge in [0.15, 0.2) is 0 Å². The molecule has 0 saturated carbocycles. The van der Waals surface area contributed by atoms with Gasteiger partial charge in [0.25, 0.3) is 11.8 Å². The lowest BCUT2D eigenvalue weighted by Crippen LogP contribution is -2.37. The third kappa shape index (κ3) is 3.99. The molecule has 0 radical (unpaired) electrons. The number of nitrogens with zero attached hydrogens (tertiary/aromatic N) is 2. The minimum Gasteiger partial charge on any atom is -0.337 e. The summed E-state index contributed by atoms with van der Waals surface area (Å²) in [6.07, 6.45) is 0.797. The molecule has 1 fully saturated rings. The van der Waals surface area contributed by atoms with Gasteiger partial charge in [0.1, 0.15) is 0 Å². The molecule has 4 nitrogen and oxygen atoms in total. The lowest BCUT2D eigenvalue weighted by Gasteiger charge is -2.22. The fraction of sp³-hybridized carbons (Fsp3) is 0.217. The van der Waals surface area contributed by atoms with Crippen LogP contribution in [0.3, 0.4) is 0 Å². The van der Waals surface area contributed by atoms with Crippen LogP contribution < -0.4 is 0 Å². The molecule has 28 heavy (non-hydrogen) atoms. The first-order chi connectivity index (χ1) is 13.7. The summed E-state index contributed by atoms with van der Waals surface area (Å²) in [4.78, 5) is 30.0. The molecule has 1 aliphatic heterocycles. The monoisotopic (exact) mass is 390 g/mol. The van der Waals surface area contributed by atoms with Crippen LogP contribution in [0.25, 0.3) is 11.1 Å². The van der Waals surface area contributed by atoms with Crippen molar-refractivity contribution in [1.82, 2.24) is 9.80 Å². The van der Waals surface area contributed by atoms with Crippen LogP contribution >= 0.6 is 11.3 Å². The van der Waals surface area contributed by atoms with Gasteiger partial charge in [-0.15, -0.1) is 11.3 Å². The second-order valence-electron chi connectivity index (χ2n) is 6.86. The first-order valence-corrected chi connectivity index (χ1v) is 10.4. The molecule has 5 heteroatoms. The highest BCUT2D eigenvalue weighted by Crippen LogP contribution is 2.20. The van der Waals surface area contributed by atoms with Crippen LogP contribution in [0.1, 0.15) is 26.5 Å². The minimum absolute atomic E-state index is 0.0324. The molecular weight excluding hydrogens is 368 g/mol. The number of benzene rings is 2. The van der Waals surface area contributed by atoms with E-state index in [2.05, 4.69) is 12.1 Å². The zero-order valence-electron chi connectivity index (χ0n) is 15.6. The summed E-state index contributed by atoms with van der Waals surface area (Å²) in [5.74, 6) is 0.0987. The van der Waals surface area contributed by atoms with Crippen molar-refractivity contribution in [3.05, 3.63) is 82.6 Å². The van der Waals surface area contributed by atoms with Crippen LogP contribution in [0, 0.1) is 0 Å². The SMILES string of the molecule is O=C(c1ccc(-c2ccccc2)cc1)N1CCCN(C(=O)c2cccs2)CC1. The van der Waals surface area contributed by atoms with E-state index >= 15 is 0 Å². The molecule has 0 aliphatic carbocycles. The average Bonchev–Trinajstić information content (AvgIpc) is 3.18. The van der Waals surface area contributed by atoms with Gasteiger partial charge in [0.05, 0.1) is 4.88 Å². The molecule has 2 aromatic carbocycles. The van der Waals surface area contributed by atoms with E-state index in [1.54, 1.807) is 0 Å². The average molecular weight is 391 g/mol. The Morgan fingerprint density at radius 2 is 1.32 bits per heavy atom. The number of hydrogen-bond donors (Lipinski definition) is 0. The van der Waals surface area contributed by atoms with Gasteiger partial charge in [0, 0.05) is 31.7 Å². The van der Waals surface area contributed by atoms with E-state index in [-0.39, 0.29) is 11.8 Å². The molecule has 1 aliphatic rings. The smallest absolute Gasteiger partial charge is 0.263 e. The second-order valence-corrected chi connectivity index (χ2v) is 7.81. The van der Waals surface area contributed by atoms with E-state index in [4.69, 9.17) is 0 Å². The molecule has 2 amide bonds. The van der Waals surface area contributed by atoms with Gasteiger partial charge < -0.3 is 9.80 Å². The number of amides is 2. The Balaban J connectivity index is 1.42. The van der Waals surface area contributed by atoms with Crippen LogP contribution in [0.15, 0.2) is 72.1 Å². The normalized spacial score (nSPS) is 14.6. The lowest BCUT2D eigenvalue weighted by molar-refractivity contribution is 0.0721. The van der Waals surface area contributed by atoms with Crippen LogP contribution in [0.4, 0.5) is 0 Å². The molecule has 4 rings (SSSR count). The quantitative estimate of drug-likeness (QED) is 0.665. The fourth-order valence-electron chi connectivity index (χ4n) is 3.50. The number of rotatable bonds is 3. The van der Waals surface area contributed by atoms with Gasteiger partial charge in [-0.25, -0.2) is 0 Å². The summed E-state index contributed by atoms with van der Waals surface area (Å²) >= 11 is 1.46. The second kappa shape index (κ2) is 8.40. The van der Waals surface area contributed by atoms with Crippen LogP contribution in [0.2, 0.25) is 0 Å². The van der Waals surface area contributed by atoms with Crippen molar-refractivity contribution in [1.29, 1.82) is 0 Å². The van der Waals surface area contributed by atoms with Crippen molar-refractivity contribution in [2.75, 3.05) is 26.2 Å². The lowest BCUT2D eigenvalue weighted by atomic mass is 10.0. The number of carbonyl (C=O) groups is 2. The van der Waals surface area contributed by atoms with Crippen molar-refractivity contribution >= 4 is 23.2 Å². The number of carbonyl (C=O) groups excluding carboxylic acids is 2. The summed E-state index contributed by atoms with van der Waals surface area (Å²) in [7, 11) is 0. The van der Waals surface area contributed by atoms with E-state index < -0.39 is 0 Å². The third-order valence-electron chi connectivity index (χ3n) is 5.04. The molecule has 0 unspecified atom stereocenters. The molecule has 0 spiro atoms. The van der Waals surface area contributed by atoms with E-state index in [1.807, 2.05) is 69.8 Å². The minimum atomic E-state index is 0.0324. The van der Waals surface area contributed by atoms with Crippen LogP contribution in [-0.4, -0.2) is 47.8 Å². The molecule has 0 atom stereocenters. The van der Waals surface area contributed by atoms with Gasteiger partial charge in [-0.3, -0.25) is 9.59 Å². The molecule has 2 heterocycles. The first kappa shape index (κ1) is 18.4. The number of thiophene rings is 1. The summed E-state index contributed by atoms with van der Waals surface area (Å²) in [6.45, 7) is 2.50. The van der Waals surface area contributed by atoms with Gasteiger partial charge >= 0.3 is 0 Å². The van der Waals surface area contributed by atoms with Gasteiger partial charge in [0.2, 0.25) is 0 Å². The summed E-state index contributed by atoms with van der Waals surface area (Å²) in [5.41, 5.74) is 2.93. The van der Waals surface area contributed by atoms with E-state index in [0.29, 0.717) is 31.7 Å². The van der Waals surface area contributed by atoms with Crippen LogP contribution in [-0.2, 0) is 0 Å². The van der Waals surface area contributed by atoms with Gasteiger partial charge in [-0.1, -0.05) is 48.5 Å². The Hall–Kier alpha value is -2.92. The Labute approximate surface area is 169 Å². The van der Waals surface area contributed by atoms with E-state index in [1.165, 1.54) is 11.3 Å². The molecule has 1 aromatic heterocycles. The standard InChI is InChI=1S/C23H22N2O2S/c26-22(20-11-9-19(10-12-20)18-6-2-1-3-7-18)24-13-5-14-25(16-15-24)23(27)21-8-4-17-28-21/h1-4,6-12,17H,5,13-16H2. The summed E-state index contributed by atoms with van der Waals surface area (Å²) in [6, 6.07) is 21.7. The van der Waals surface area contributed by atoms with Gasteiger partial charge in [-0.05, 0) is 41.1 Å². The first-order valence-electron chi connectivity index (χ1n) is 9.50. The molecule has 1 saturated heterocycles. The van der Waals surface area contributed by atoms with E-state index in [9.17, 15) is 9.59 Å². The zero-order valence-corrected chi connectivity index (χ0v) is 16.4. The Morgan fingerprint density at radius 1 is 0.679 bits per heavy atom. The predicted molar refractivity (Wildman–Crippen MR) is 113 cm³/mol. The summed E-state index contributed by atoms with van der Waals surface area (Å²) < 4.78 is 0. The third-order valence-corrected chi connectivity index (χ3v) is 5.90. The Bertz CT molecular complexity index is 937. The molecule has 0 bridgehead atoms. The Morgan fingerprint density at radius 3 is 1.96 bits per heavy atom. The topological polar surface area (TPSA) is 40.6 Å². The predicted octanol–water partition coefficient (Wildman–Crippen LogP) is 4.40. The zero-order chi connectivity index (χ0) is 19.3. The maximum absolute atomic E-state index is 12.9. The summed E-state index contributed by atoms with van der Waals surface area (Å²) in [5, 5.41) is 1.92. The van der Waals surface area contributed by atoms with E-state index in [0.717, 1.165) is 22.4 Å². The van der Waals surface area contributed by atoms with Crippen molar-refractivity contribution in [2.45, 2.75) is 6.42 Å². The maximum atomic E-state index is 12.9. The van der Waals surface area contributed by atoms with Crippen molar-refractivity contribution in [2.24, 2.45) is 0 Å². The maximum Gasteiger partial charge on any atom is 0.263 e. The largest absolute Gasteiger partial charge is 0.337 e. The highest BCUT2D eigenvalue weighted by Gasteiger charge is 2.23. The molecule has 0 N–H and O–H groups in total. The molecular formula is C23H22N2O2S. The molecule has 3 aromatic rings. The van der Waals surface area contributed by atoms with Gasteiger partial charge in [-0.2, -0.15) is 0 Å². The highest BCUT2D eigenvalue weighted by atomic mass is 32.1. The van der Waals surface area contributed by atoms with Crippen molar-refractivity contribution in [3.8, 4) is 11.1 Å². The Kier molecular flexibility index (Phi) is 5.53. The molecule has 142 valence electrons.